The van der Waals surface area contributed by atoms with Gasteiger partial charge in [-0.2, -0.15) is 0 Å². The zero-order valence-electron chi connectivity index (χ0n) is 20.4. The fraction of sp³-hybridized carbons (Fsp3) is 0.778. The summed E-state index contributed by atoms with van der Waals surface area (Å²) in [4.78, 5) is 0. The molecule has 0 spiro atoms. The molecule has 1 atom stereocenters. The van der Waals surface area contributed by atoms with Crippen molar-refractivity contribution in [2.45, 2.75) is 116 Å². The lowest BCUT2D eigenvalue weighted by molar-refractivity contribution is -0.921. The monoisotopic (exact) mass is 438 g/mol. The molecule has 0 aliphatic carbocycles. The summed E-state index contributed by atoms with van der Waals surface area (Å²) in [5.41, 5.74) is 7.76. The van der Waals surface area contributed by atoms with Crippen LogP contribution in [0.5, 0.6) is 0 Å². The van der Waals surface area contributed by atoms with E-state index in [0.29, 0.717) is 0 Å². The molecular formula is C27H51ClN2. The van der Waals surface area contributed by atoms with Crippen LogP contribution in [0.15, 0.2) is 30.3 Å². The van der Waals surface area contributed by atoms with Crippen molar-refractivity contribution < 1.29 is 16.9 Å². The second-order valence-electron chi connectivity index (χ2n) is 9.66. The van der Waals surface area contributed by atoms with E-state index in [0.717, 1.165) is 11.0 Å². The molecule has 2 N–H and O–H groups in total. The number of nitrogens with two attached hydrogens (primary N) is 1. The van der Waals surface area contributed by atoms with Gasteiger partial charge in [0.1, 0.15) is 0 Å². The summed E-state index contributed by atoms with van der Waals surface area (Å²) in [6.07, 6.45) is 22.8. The number of benzene rings is 1. The van der Waals surface area contributed by atoms with Gasteiger partial charge in [-0.1, -0.05) is 127 Å². The second kappa shape index (κ2) is 19.1. The Balaban J connectivity index is 0.00000841. The molecule has 0 bridgehead atoms. The Morgan fingerprint density at radius 3 is 1.40 bits per heavy atom. The van der Waals surface area contributed by atoms with Gasteiger partial charge in [0.25, 0.3) is 0 Å². The first-order chi connectivity index (χ1) is 14.1. The molecule has 2 nitrogen and oxygen atoms in total. The Morgan fingerprint density at radius 2 is 1.00 bits per heavy atom. The summed E-state index contributed by atoms with van der Waals surface area (Å²) in [5, 5.41) is 0. The number of rotatable bonds is 19. The minimum atomic E-state index is 0. The largest absolute Gasteiger partial charge is 1.00 e. The SMILES string of the molecule is CCCCCCCCCCCCCCCCCC[N+](C)(C)C(N)c1ccccc1.[Cl-]. The fourth-order valence-electron chi connectivity index (χ4n) is 4.26. The van der Waals surface area contributed by atoms with Gasteiger partial charge in [-0.3, -0.25) is 5.73 Å². The van der Waals surface area contributed by atoms with Crippen LogP contribution in [0.25, 0.3) is 0 Å². The molecule has 0 fully saturated rings. The number of hydrogen-bond acceptors (Lipinski definition) is 1. The van der Waals surface area contributed by atoms with Gasteiger partial charge in [0.15, 0.2) is 6.17 Å². The van der Waals surface area contributed by atoms with Gasteiger partial charge in [0.2, 0.25) is 0 Å². The molecule has 0 aliphatic heterocycles. The van der Waals surface area contributed by atoms with Gasteiger partial charge in [-0.25, -0.2) is 0 Å². The third kappa shape index (κ3) is 14.4. The van der Waals surface area contributed by atoms with Crippen LogP contribution in [0.1, 0.15) is 121 Å². The molecule has 3 heteroatoms. The van der Waals surface area contributed by atoms with E-state index in [9.17, 15) is 0 Å². The van der Waals surface area contributed by atoms with E-state index in [1.165, 1.54) is 108 Å². The maximum Gasteiger partial charge on any atom is 0.166 e. The highest BCUT2D eigenvalue weighted by atomic mass is 35.5. The molecular weight excluding hydrogens is 388 g/mol. The van der Waals surface area contributed by atoms with Gasteiger partial charge in [-0.15, -0.1) is 0 Å². The van der Waals surface area contributed by atoms with Crippen molar-refractivity contribution in [2.75, 3.05) is 20.6 Å². The average molecular weight is 439 g/mol. The maximum atomic E-state index is 6.51. The first-order valence-corrected chi connectivity index (χ1v) is 12.7. The zero-order valence-corrected chi connectivity index (χ0v) is 21.1. The second-order valence-corrected chi connectivity index (χ2v) is 9.66. The van der Waals surface area contributed by atoms with Crippen molar-refractivity contribution in [1.82, 2.24) is 0 Å². The van der Waals surface area contributed by atoms with E-state index in [-0.39, 0.29) is 18.6 Å². The van der Waals surface area contributed by atoms with Crippen LogP contribution in [-0.2, 0) is 0 Å². The van der Waals surface area contributed by atoms with Crippen molar-refractivity contribution in [1.29, 1.82) is 0 Å². The first-order valence-electron chi connectivity index (χ1n) is 12.7. The van der Waals surface area contributed by atoms with Gasteiger partial charge in [-0.05, 0) is 12.8 Å². The topological polar surface area (TPSA) is 26.0 Å². The highest BCUT2D eigenvalue weighted by Gasteiger charge is 2.25. The van der Waals surface area contributed by atoms with E-state index >= 15 is 0 Å². The number of quaternary nitrogens is 1. The van der Waals surface area contributed by atoms with Crippen LogP contribution >= 0.6 is 0 Å². The Bertz CT molecular complexity index is 475. The molecule has 0 saturated carbocycles. The number of nitrogens with zero attached hydrogens (tertiary/aromatic N) is 1. The van der Waals surface area contributed by atoms with Gasteiger partial charge >= 0.3 is 0 Å². The average Bonchev–Trinajstić information content (AvgIpc) is 2.73. The molecule has 0 radical (unpaired) electrons. The van der Waals surface area contributed by atoms with E-state index in [2.05, 4.69) is 51.4 Å². The van der Waals surface area contributed by atoms with Gasteiger partial charge in [0.05, 0.1) is 20.6 Å². The highest BCUT2D eigenvalue weighted by Crippen LogP contribution is 2.21. The Labute approximate surface area is 195 Å². The number of unbranched alkanes of at least 4 members (excludes halogenated alkanes) is 15. The Hall–Kier alpha value is -0.570. The Morgan fingerprint density at radius 1 is 0.633 bits per heavy atom. The molecule has 0 aromatic heterocycles. The molecule has 1 aromatic rings. The van der Waals surface area contributed by atoms with Crippen molar-refractivity contribution in [2.24, 2.45) is 5.73 Å². The molecule has 176 valence electrons. The van der Waals surface area contributed by atoms with Crippen LogP contribution in [0.4, 0.5) is 0 Å². The van der Waals surface area contributed by atoms with Crippen LogP contribution in [-0.4, -0.2) is 25.1 Å². The van der Waals surface area contributed by atoms with E-state index in [1.807, 2.05) is 0 Å². The van der Waals surface area contributed by atoms with E-state index < -0.39 is 0 Å². The van der Waals surface area contributed by atoms with Crippen LogP contribution < -0.4 is 18.1 Å². The molecule has 0 heterocycles. The summed E-state index contributed by atoms with van der Waals surface area (Å²) >= 11 is 0. The van der Waals surface area contributed by atoms with Crippen LogP contribution in [0, 0.1) is 0 Å². The van der Waals surface area contributed by atoms with Crippen LogP contribution in [0.3, 0.4) is 0 Å². The third-order valence-electron chi connectivity index (χ3n) is 6.48. The first kappa shape index (κ1) is 29.4. The van der Waals surface area contributed by atoms with Gasteiger partial charge in [0, 0.05) is 5.56 Å². The summed E-state index contributed by atoms with van der Waals surface area (Å²) in [7, 11) is 4.53. The number of halogens is 1. The van der Waals surface area contributed by atoms with Gasteiger partial charge < -0.3 is 16.9 Å². The lowest BCUT2D eigenvalue weighted by atomic mass is 10.0. The third-order valence-corrected chi connectivity index (χ3v) is 6.48. The molecule has 1 aromatic carbocycles. The smallest absolute Gasteiger partial charge is 0.166 e. The minimum Gasteiger partial charge on any atom is -1.00 e. The quantitative estimate of drug-likeness (QED) is 0.184. The normalized spacial score (nSPS) is 12.5. The standard InChI is InChI=1S/C27H51N2.ClH/c1-4-5-6-7-8-9-10-11-12-13-14-15-16-17-18-22-25-29(2,3)27(28)26-23-20-19-21-24-26;/h19-21,23-24,27H,4-18,22,25,28H2,1-3H3;1H/q+1;/p-1. The molecule has 1 rings (SSSR count). The molecule has 0 amide bonds. The number of hydrogen-bond donors (Lipinski definition) is 1. The van der Waals surface area contributed by atoms with Crippen LogP contribution in [0.2, 0.25) is 0 Å². The van der Waals surface area contributed by atoms with Crippen molar-refractivity contribution in [3.05, 3.63) is 35.9 Å². The summed E-state index contributed by atoms with van der Waals surface area (Å²) in [6.45, 7) is 3.46. The van der Waals surface area contributed by atoms with Crippen molar-refractivity contribution in [3.63, 3.8) is 0 Å². The predicted octanol–water partition coefficient (Wildman–Crippen LogP) is 4.99. The molecule has 0 saturated heterocycles. The van der Waals surface area contributed by atoms with E-state index in [4.69, 9.17) is 5.73 Å². The van der Waals surface area contributed by atoms with E-state index in [1.54, 1.807) is 0 Å². The Kier molecular flexibility index (Phi) is 18.8. The molecule has 30 heavy (non-hydrogen) atoms. The zero-order chi connectivity index (χ0) is 21.2. The minimum absolute atomic E-state index is 0. The predicted molar refractivity (Wildman–Crippen MR) is 130 cm³/mol. The molecule has 0 aliphatic rings. The highest BCUT2D eigenvalue weighted by molar-refractivity contribution is 5.16. The fourth-order valence-corrected chi connectivity index (χ4v) is 4.26. The van der Waals surface area contributed by atoms with Crippen molar-refractivity contribution in [3.8, 4) is 0 Å². The summed E-state index contributed by atoms with van der Waals surface area (Å²) in [6, 6.07) is 10.5. The molecule has 1 unspecified atom stereocenters. The van der Waals surface area contributed by atoms with Crippen molar-refractivity contribution >= 4 is 0 Å². The summed E-state index contributed by atoms with van der Waals surface area (Å²) < 4.78 is 0.878. The lowest BCUT2D eigenvalue weighted by Crippen LogP contribution is -3.00. The maximum absolute atomic E-state index is 6.51. The summed E-state index contributed by atoms with van der Waals surface area (Å²) in [5.74, 6) is 0. The lowest BCUT2D eigenvalue weighted by Gasteiger charge is -2.36.